The SMILES string of the molecule is Cc1cc(Br)c(C)nc1C(F)F. The van der Waals surface area contributed by atoms with E-state index < -0.39 is 6.43 Å². The van der Waals surface area contributed by atoms with Crippen LogP contribution in [-0.4, -0.2) is 4.98 Å². The molecule has 0 aliphatic rings. The van der Waals surface area contributed by atoms with Crippen molar-refractivity contribution in [3.63, 3.8) is 0 Å². The second kappa shape index (κ2) is 3.47. The molecule has 0 saturated carbocycles. The fraction of sp³-hybridized carbons (Fsp3) is 0.375. The third-order valence-corrected chi connectivity index (χ3v) is 2.39. The maximum absolute atomic E-state index is 12.3. The second-order valence-corrected chi connectivity index (χ2v) is 3.41. The molecule has 12 heavy (non-hydrogen) atoms. The Morgan fingerprint density at radius 1 is 1.42 bits per heavy atom. The number of halogens is 3. The summed E-state index contributed by atoms with van der Waals surface area (Å²) in [6, 6.07) is 1.66. The lowest BCUT2D eigenvalue weighted by Crippen LogP contribution is -1.97. The molecule has 1 nitrogen and oxygen atoms in total. The highest BCUT2D eigenvalue weighted by Gasteiger charge is 2.13. The highest BCUT2D eigenvalue weighted by Crippen LogP contribution is 2.24. The standard InChI is InChI=1S/C8H8BrF2N/c1-4-3-6(9)5(2)12-7(4)8(10)11/h3,8H,1-2H3. The maximum Gasteiger partial charge on any atom is 0.280 e. The van der Waals surface area contributed by atoms with E-state index in [0.717, 1.165) is 4.47 Å². The first-order valence-corrected chi connectivity index (χ1v) is 4.23. The van der Waals surface area contributed by atoms with E-state index in [9.17, 15) is 8.78 Å². The number of aryl methyl sites for hydroxylation is 2. The van der Waals surface area contributed by atoms with Gasteiger partial charge >= 0.3 is 0 Å². The van der Waals surface area contributed by atoms with Crippen LogP contribution in [0, 0.1) is 13.8 Å². The molecular weight excluding hydrogens is 228 g/mol. The van der Waals surface area contributed by atoms with Crippen LogP contribution >= 0.6 is 15.9 Å². The number of alkyl halides is 2. The van der Waals surface area contributed by atoms with Crippen LogP contribution < -0.4 is 0 Å². The first kappa shape index (κ1) is 9.58. The Morgan fingerprint density at radius 2 is 2.00 bits per heavy atom. The summed E-state index contributed by atoms with van der Waals surface area (Å²) in [5.41, 5.74) is 0.981. The zero-order valence-corrected chi connectivity index (χ0v) is 8.32. The topological polar surface area (TPSA) is 12.9 Å². The lowest BCUT2D eigenvalue weighted by Gasteiger charge is -2.05. The Balaban J connectivity index is 3.23. The molecule has 66 valence electrons. The molecule has 0 unspecified atom stereocenters. The predicted octanol–water partition coefficient (Wildman–Crippen LogP) is 3.40. The second-order valence-electron chi connectivity index (χ2n) is 2.56. The molecular formula is C8H8BrF2N. The smallest absolute Gasteiger partial charge is 0.251 e. The van der Waals surface area contributed by atoms with Gasteiger partial charge in [0.05, 0.1) is 5.69 Å². The molecule has 1 aromatic heterocycles. The summed E-state index contributed by atoms with van der Waals surface area (Å²) in [6.07, 6.45) is -2.49. The molecule has 0 atom stereocenters. The summed E-state index contributed by atoms with van der Waals surface area (Å²) < 4.78 is 25.3. The summed E-state index contributed by atoms with van der Waals surface area (Å²) in [6.45, 7) is 3.31. The van der Waals surface area contributed by atoms with Crippen molar-refractivity contribution in [2.45, 2.75) is 20.3 Å². The van der Waals surface area contributed by atoms with Crippen molar-refractivity contribution in [2.75, 3.05) is 0 Å². The van der Waals surface area contributed by atoms with Crippen LogP contribution in [0.5, 0.6) is 0 Å². The van der Waals surface area contributed by atoms with Crippen molar-refractivity contribution in [1.82, 2.24) is 4.98 Å². The lowest BCUT2D eigenvalue weighted by atomic mass is 10.2. The van der Waals surface area contributed by atoms with E-state index in [1.54, 1.807) is 19.9 Å². The summed E-state index contributed by atoms with van der Waals surface area (Å²) >= 11 is 3.22. The first-order valence-electron chi connectivity index (χ1n) is 3.44. The molecule has 0 aliphatic heterocycles. The van der Waals surface area contributed by atoms with Gasteiger partial charge in [0, 0.05) is 4.47 Å². The Morgan fingerprint density at radius 3 is 2.50 bits per heavy atom. The van der Waals surface area contributed by atoms with Gasteiger partial charge in [-0.3, -0.25) is 4.98 Å². The van der Waals surface area contributed by atoms with Gasteiger partial charge in [0.2, 0.25) is 0 Å². The maximum atomic E-state index is 12.3. The summed E-state index contributed by atoms with van der Waals surface area (Å²) in [5.74, 6) is 0. The summed E-state index contributed by atoms with van der Waals surface area (Å²) in [4.78, 5) is 3.77. The van der Waals surface area contributed by atoms with Gasteiger partial charge in [-0.15, -0.1) is 0 Å². The predicted molar refractivity (Wildman–Crippen MR) is 46.4 cm³/mol. The Bertz CT molecular complexity index is 299. The van der Waals surface area contributed by atoms with Crippen molar-refractivity contribution in [2.24, 2.45) is 0 Å². The van der Waals surface area contributed by atoms with Gasteiger partial charge < -0.3 is 0 Å². The molecule has 0 aromatic carbocycles. The van der Waals surface area contributed by atoms with Crippen molar-refractivity contribution in [3.05, 3.63) is 27.5 Å². The molecule has 0 saturated heterocycles. The van der Waals surface area contributed by atoms with Crippen LogP contribution in [0.3, 0.4) is 0 Å². The van der Waals surface area contributed by atoms with E-state index in [4.69, 9.17) is 0 Å². The van der Waals surface area contributed by atoms with E-state index >= 15 is 0 Å². The average molecular weight is 236 g/mol. The summed E-state index contributed by atoms with van der Waals surface area (Å²) in [5, 5.41) is 0. The van der Waals surface area contributed by atoms with Crippen LogP contribution in [0.1, 0.15) is 23.4 Å². The third kappa shape index (κ3) is 1.80. The first-order chi connectivity index (χ1) is 5.52. The number of aromatic nitrogens is 1. The number of rotatable bonds is 1. The van der Waals surface area contributed by atoms with Crippen LogP contribution in [0.25, 0.3) is 0 Å². The van der Waals surface area contributed by atoms with E-state index in [1.165, 1.54) is 0 Å². The molecule has 1 aromatic rings. The molecule has 0 fully saturated rings. The molecule has 4 heteroatoms. The number of nitrogens with zero attached hydrogens (tertiary/aromatic N) is 1. The van der Waals surface area contributed by atoms with E-state index in [2.05, 4.69) is 20.9 Å². The van der Waals surface area contributed by atoms with Crippen molar-refractivity contribution in [1.29, 1.82) is 0 Å². The monoisotopic (exact) mass is 235 g/mol. The normalized spacial score (nSPS) is 10.8. The van der Waals surface area contributed by atoms with Gasteiger partial charge in [-0.2, -0.15) is 0 Å². The Kier molecular flexibility index (Phi) is 2.77. The van der Waals surface area contributed by atoms with Crippen LogP contribution in [-0.2, 0) is 0 Å². The zero-order valence-electron chi connectivity index (χ0n) is 6.74. The van der Waals surface area contributed by atoms with Gasteiger partial charge in [0.15, 0.2) is 0 Å². The van der Waals surface area contributed by atoms with Gasteiger partial charge in [-0.1, -0.05) is 0 Å². The van der Waals surface area contributed by atoms with Crippen molar-refractivity contribution >= 4 is 15.9 Å². The highest BCUT2D eigenvalue weighted by atomic mass is 79.9. The van der Waals surface area contributed by atoms with Gasteiger partial charge in [-0.05, 0) is 41.4 Å². The van der Waals surface area contributed by atoms with E-state index in [-0.39, 0.29) is 5.69 Å². The Hall–Kier alpha value is -0.510. The van der Waals surface area contributed by atoms with Crippen LogP contribution in [0.4, 0.5) is 8.78 Å². The quantitative estimate of drug-likeness (QED) is 0.728. The average Bonchev–Trinajstić information content (AvgIpc) is 1.96. The molecule has 0 bridgehead atoms. The van der Waals surface area contributed by atoms with E-state index in [1.807, 2.05) is 0 Å². The highest BCUT2D eigenvalue weighted by molar-refractivity contribution is 9.10. The molecule has 0 spiro atoms. The minimum atomic E-state index is -2.49. The Labute approximate surface area is 77.9 Å². The third-order valence-electron chi connectivity index (χ3n) is 1.59. The van der Waals surface area contributed by atoms with Crippen LogP contribution in [0.2, 0.25) is 0 Å². The molecule has 0 radical (unpaired) electrons. The largest absolute Gasteiger partial charge is 0.280 e. The van der Waals surface area contributed by atoms with Gasteiger partial charge in [-0.25, -0.2) is 8.78 Å². The number of hydrogen-bond donors (Lipinski definition) is 0. The molecule has 1 heterocycles. The van der Waals surface area contributed by atoms with Gasteiger partial charge in [0.1, 0.15) is 5.69 Å². The fourth-order valence-electron chi connectivity index (χ4n) is 0.912. The number of pyridine rings is 1. The molecule has 0 amide bonds. The lowest BCUT2D eigenvalue weighted by molar-refractivity contribution is 0.145. The molecule has 1 rings (SSSR count). The zero-order chi connectivity index (χ0) is 9.30. The summed E-state index contributed by atoms with van der Waals surface area (Å²) in [7, 11) is 0. The van der Waals surface area contributed by atoms with E-state index in [0.29, 0.717) is 11.3 Å². The molecule has 0 N–H and O–H groups in total. The molecule has 0 aliphatic carbocycles. The van der Waals surface area contributed by atoms with Crippen molar-refractivity contribution in [3.8, 4) is 0 Å². The minimum absolute atomic E-state index is 0.129. The number of hydrogen-bond acceptors (Lipinski definition) is 1. The van der Waals surface area contributed by atoms with Gasteiger partial charge in [0.25, 0.3) is 6.43 Å². The van der Waals surface area contributed by atoms with Crippen LogP contribution in [0.15, 0.2) is 10.5 Å². The van der Waals surface area contributed by atoms with Crippen molar-refractivity contribution < 1.29 is 8.78 Å². The fourth-order valence-corrected chi connectivity index (χ4v) is 1.34. The minimum Gasteiger partial charge on any atom is -0.251 e.